The Kier molecular flexibility index (Phi) is 7.34. The summed E-state index contributed by atoms with van der Waals surface area (Å²) in [4.78, 5) is 29.5. The lowest BCUT2D eigenvalue weighted by Crippen LogP contribution is -2.49. The fourth-order valence-corrected chi connectivity index (χ4v) is 5.08. The summed E-state index contributed by atoms with van der Waals surface area (Å²) in [6.07, 6.45) is 0. The van der Waals surface area contributed by atoms with E-state index in [-0.39, 0.29) is 18.2 Å². The lowest BCUT2D eigenvalue weighted by atomic mass is 10.1. The van der Waals surface area contributed by atoms with Gasteiger partial charge in [-0.3, -0.25) is 14.5 Å². The fraction of sp³-hybridized carbons (Fsp3) is 0.346. The minimum absolute atomic E-state index is 0.169. The van der Waals surface area contributed by atoms with Crippen LogP contribution in [-0.2, 0) is 11.3 Å². The van der Waals surface area contributed by atoms with Gasteiger partial charge in [-0.2, -0.15) is 5.26 Å². The van der Waals surface area contributed by atoms with Crippen LogP contribution in [0.4, 0.5) is 15.9 Å². The number of amides is 1. The molecule has 1 aliphatic rings. The third-order valence-electron chi connectivity index (χ3n) is 6.53. The van der Waals surface area contributed by atoms with Crippen LogP contribution >= 0.6 is 11.3 Å². The third kappa shape index (κ3) is 5.29. The summed E-state index contributed by atoms with van der Waals surface area (Å²) in [6, 6.07) is 10.8. The van der Waals surface area contributed by atoms with Gasteiger partial charge in [-0.15, -0.1) is 11.3 Å². The topological polar surface area (TPSA) is 81.4 Å². The first-order chi connectivity index (χ1) is 16.8. The third-order valence-corrected chi connectivity index (χ3v) is 7.39. The van der Waals surface area contributed by atoms with Crippen LogP contribution in [0.2, 0.25) is 0 Å². The van der Waals surface area contributed by atoms with Gasteiger partial charge in [-0.05, 0) is 56.0 Å². The number of rotatable bonds is 7. The molecule has 2 aromatic heterocycles. The van der Waals surface area contributed by atoms with Gasteiger partial charge >= 0.3 is 0 Å². The molecule has 35 heavy (non-hydrogen) atoms. The number of thiophene rings is 1. The minimum Gasteiger partial charge on any atom is -0.367 e. The summed E-state index contributed by atoms with van der Waals surface area (Å²) >= 11 is 1.63. The van der Waals surface area contributed by atoms with E-state index in [0.29, 0.717) is 55.4 Å². The van der Waals surface area contributed by atoms with Gasteiger partial charge in [0.15, 0.2) is 5.78 Å². The SMILES string of the molecule is CC(=O)c1ccc(N2CCN(CC(=O)Nc3c(C#N)c(C)c(C)n3Cc3cccs3)CC2)c(F)c1. The molecule has 1 fully saturated rings. The Labute approximate surface area is 208 Å². The average molecular weight is 494 g/mol. The summed E-state index contributed by atoms with van der Waals surface area (Å²) in [6.45, 7) is 8.39. The highest BCUT2D eigenvalue weighted by Crippen LogP contribution is 2.28. The highest BCUT2D eigenvalue weighted by atomic mass is 32.1. The molecule has 0 bridgehead atoms. The van der Waals surface area contributed by atoms with Crippen LogP contribution in [-0.4, -0.2) is 53.9 Å². The molecule has 9 heteroatoms. The second kappa shape index (κ2) is 10.4. The summed E-state index contributed by atoms with van der Waals surface area (Å²) in [5, 5.41) is 14.7. The highest BCUT2D eigenvalue weighted by molar-refractivity contribution is 7.09. The Hall–Kier alpha value is -3.48. The van der Waals surface area contributed by atoms with Gasteiger partial charge in [-0.25, -0.2) is 4.39 Å². The zero-order valence-corrected chi connectivity index (χ0v) is 20.9. The average Bonchev–Trinajstić information content (AvgIpc) is 3.42. The molecule has 4 rings (SSSR count). The fourth-order valence-electron chi connectivity index (χ4n) is 4.39. The lowest BCUT2D eigenvalue weighted by Gasteiger charge is -2.35. The number of anilines is 2. The number of nitrogens with zero attached hydrogens (tertiary/aromatic N) is 4. The summed E-state index contributed by atoms with van der Waals surface area (Å²) in [5.41, 5.74) is 3.13. The summed E-state index contributed by atoms with van der Waals surface area (Å²) < 4.78 is 16.5. The van der Waals surface area contributed by atoms with Crippen LogP contribution in [0.25, 0.3) is 0 Å². The van der Waals surface area contributed by atoms with Crippen LogP contribution in [0, 0.1) is 31.0 Å². The van der Waals surface area contributed by atoms with Gasteiger partial charge in [0, 0.05) is 42.3 Å². The standard InChI is InChI=1S/C26H28FN5O2S/c1-17-18(2)32(15-21-5-4-12-35-21)26(22(17)14-28)29-25(34)16-30-8-10-31(11-9-30)24-7-6-20(19(3)33)13-23(24)27/h4-7,12-13H,8-11,15-16H2,1-3H3,(H,29,34). The number of halogens is 1. The predicted octanol–water partition coefficient (Wildman–Crippen LogP) is 4.19. The highest BCUT2D eigenvalue weighted by Gasteiger charge is 2.24. The lowest BCUT2D eigenvalue weighted by molar-refractivity contribution is -0.117. The molecular weight excluding hydrogens is 465 g/mol. The number of hydrogen-bond donors (Lipinski definition) is 1. The molecule has 7 nitrogen and oxygen atoms in total. The second-order valence-corrected chi connectivity index (χ2v) is 9.78. The quantitative estimate of drug-likeness (QED) is 0.499. The van der Waals surface area contributed by atoms with Gasteiger partial charge in [0.25, 0.3) is 0 Å². The Morgan fingerprint density at radius 1 is 1.17 bits per heavy atom. The molecule has 1 aliphatic heterocycles. The zero-order valence-electron chi connectivity index (χ0n) is 20.1. The van der Waals surface area contributed by atoms with Crippen molar-refractivity contribution in [3.05, 3.63) is 68.8 Å². The Balaban J connectivity index is 1.40. The van der Waals surface area contributed by atoms with Crippen molar-refractivity contribution < 1.29 is 14.0 Å². The normalized spacial score (nSPS) is 14.1. The number of Topliss-reactive ketones (excluding diaryl/α,β-unsaturated/α-hetero) is 1. The van der Waals surface area contributed by atoms with Crippen molar-refractivity contribution in [2.24, 2.45) is 0 Å². The van der Waals surface area contributed by atoms with Crippen molar-refractivity contribution in [3.63, 3.8) is 0 Å². The molecular formula is C26H28FN5O2S. The van der Waals surface area contributed by atoms with E-state index in [9.17, 15) is 19.2 Å². The van der Waals surface area contributed by atoms with Crippen LogP contribution in [0.15, 0.2) is 35.7 Å². The first kappa shape index (κ1) is 24.6. The number of benzene rings is 1. The van der Waals surface area contributed by atoms with E-state index in [0.717, 1.165) is 16.1 Å². The molecule has 1 amide bonds. The van der Waals surface area contributed by atoms with Crippen LogP contribution in [0.1, 0.15) is 39.0 Å². The van der Waals surface area contributed by atoms with Crippen molar-refractivity contribution in [2.75, 3.05) is 42.9 Å². The maximum atomic E-state index is 14.5. The largest absolute Gasteiger partial charge is 0.367 e. The molecule has 3 aromatic rings. The van der Waals surface area contributed by atoms with E-state index >= 15 is 0 Å². The number of nitrogens with one attached hydrogen (secondary N) is 1. The maximum absolute atomic E-state index is 14.5. The molecule has 1 aromatic carbocycles. The molecule has 0 atom stereocenters. The van der Waals surface area contributed by atoms with Gasteiger partial charge < -0.3 is 14.8 Å². The second-order valence-electron chi connectivity index (χ2n) is 8.75. The first-order valence-electron chi connectivity index (χ1n) is 11.5. The molecule has 1 saturated heterocycles. The molecule has 0 spiro atoms. The van der Waals surface area contributed by atoms with Gasteiger partial charge in [0.2, 0.25) is 5.91 Å². The van der Waals surface area contributed by atoms with E-state index in [4.69, 9.17) is 0 Å². The van der Waals surface area contributed by atoms with Crippen LogP contribution in [0.5, 0.6) is 0 Å². The Bertz CT molecular complexity index is 1280. The van der Waals surface area contributed by atoms with E-state index in [2.05, 4.69) is 11.4 Å². The van der Waals surface area contributed by atoms with Crippen LogP contribution in [0.3, 0.4) is 0 Å². The number of aromatic nitrogens is 1. The van der Waals surface area contributed by atoms with E-state index in [1.807, 2.05) is 45.7 Å². The summed E-state index contributed by atoms with van der Waals surface area (Å²) in [5.74, 6) is -0.230. The van der Waals surface area contributed by atoms with Crippen molar-refractivity contribution >= 4 is 34.5 Å². The smallest absolute Gasteiger partial charge is 0.239 e. The molecule has 182 valence electrons. The Morgan fingerprint density at radius 3 is 2.51 bits per heavy atom. The van der Waals surface area contributed by atoms with Crippen LogP contribution < -0.4 is 10.2 Å². The number of ketones is 1. The molecule has 0 aliphatic carbocycles. The monoisotopic (exact) mass is 493 g/mol. The molecule has 0 unspecified atom stereocenters. The van der Waals surface area contributed by atoms with E-state index in [1.54, 1.807) is 23.5 Å². The van der Waals surface area contributed by atoms with Crippen molar-refractivity contribution in [3.8, 4) is 6.07 Å². The number of carbonyl (C=O) groups excluding carboxylic acids is 2. The minimum atomic E-state index is -0.412. The maximum Gasteiger partial charge on any atom is 0.239 e. The van der Waals surface area contributed by atoms with Gasteiger partial charge in [-0.1, -0.05) is 6.07 Å². The first-order valence-corrected chi connectivity index (χ1v) is 12.4. The number of carbonyl (C=O) groups is 2. The number of hydrogen-bond acceptors (Lipinski definition) is 6. The molecule has 0 radical (unpaired) electrons. The van der Waals surface area contributed by atoms with E-state index in [1.165, 1.54) is 13.0 Å². The van der Waals surface area contributed by atoms with Crippen molar-refractivity contribution in [1.82, 2.24) is 9.47 Å². The molecule has 0 saturated carbocycles. The van der Waals surface area contributed by atoms with Gasteiger partial charge in [0.05, 0.1) is 24.3 Å². The predicted molar refractivity (Wildman–Crippen MR) is 136 cm³/mol. The number of piperazine rings is 1. The zero-order chi connectivity index (χ0) is 25.1. The van der Waals surface area contributed by atoms with Crippen molar-refractivity contribution in [1.29, 1.82) is 5.26 Å². The number of nitriles is 1. The molecule has 1 N–H and O–H groups in total. The molecule has 3 heterocycles. The van der Waals surface area contributed by atoms with Crippen molar-refractivity contribution in [2.45, 2.75) is 27.3 Å². The van der Waals surface area contributed by atoms with Gasteiger partial charge in [0.1, 0.15) is 17.7 Å². The summed E-state index contributed by atoms with van der Waals surface area (Å²) in [7, 11) is 0. The van der Waals surface area contributed by atoms with E-state index < -0.39 is 5.82 Å². The Morgan fingerprint density at radius 2 is 1.91 bits per heavy atom.